The fourth-order valence-electron chi connectivity index (χ4n) is 49.8. The quantitative estimate of drug-likeness (QED) is 0.324. The van der Waals surface area contributed by atoms with Gasteiger partial charge in [0, 0.05) is 18.0 Å². The molecule has 61 atom stereocenters. The minimum atomic E-state index is -0.699. The molecule has 1 aliphatic heterocycles. The molecule has 0 aromatic heterocycles. The second kappa shape index (κ2) is 8.18. The van der Waals surface area contributed by atoms with E-state index in [1.807, 2.05) is 0 Å². The Hall–Kier alpha value is -1.35. The molecule has 1 N–H and O–H groups in total. The van der Waals surface area contributed by atoms with Crippen molar-refractivity contribution >= 4 is 5.97 Å². The molecule has 1 aromatic rings. The van der Waals surface area contributed by atoms with Gasteiger partial charge in [0.25, 0.3) is 0 Å². The van der Waals surface area contributed by atoms with Crippen molar-refractivity contribution in [1.29, 1.82) is 0 Å². The molecule has 34 rings (SSSR count). The van der Waals surface area contributed by atoms with Crippen LogP contribution in [0.4, 0.5) is 0 Å². The summed E-state index contributed by atoms with van der Waals surface area (Å²) >= 11 is 0. The summed E-state index contributed by atoms with van der Waals surface area (Å²) in [5, 5.41) is 10.6. The van der Waals surface area contributed by atoms with E-state index >= 15 is 0 Å². The maximum atomic E-state index is 12.9. The molecule has 3 nitrogen and oxygen atoms in total. The van der Waals surface area contributed by atoms with Crippen LogP contribution >= 0.6 is 0 Å². The third-order valence-electron chi connectivity index (χ3n) is 43.5. The predicted octanol–water partition coefficient (Wildman–Crippen LogP) is 8.51. The zero-order chi connectivity index (χ0) is 43.9. The van der Waals surface area contributed by atoms with Crippen molar-refractivity contribution in [2.24, 2.45) is 354 Å². The summed E-state index contributed by atoms with van der Waals surface area (Å²) in [6, 6.07) is 9.96. The van der Waals surface area contributed by atoms with Gasteiger partial charge in [-0.1, -0.05) is 12.1 Å². The molecule has 32 saturated carbocycles. The molecule has 0 radical (unpaired) electrons. The molecule has 0 bridgehead atoms. The Morgan fingerprint density at radius 2 is 0.534 bits per heavy atom. The highest BCUT2D eigenvalue weighted by atomic mass is 16.4. The number of carboxylic acid groups (broad SMARTS) is 1. The minimum absolute atomic E-state index is 0.460. The molecule has 366 valence electrons. The van der Waals surface area contributed by atoms with Crippen LogP contribution in [0.2, 0.25) is 0 Å². The standard InChI is InChI=1S/C70H69NO2/c1-71-6-69-63-56-49-37-29-20-11-9-10-12-15(11)24-31(29)39-40-32(24)30-21(12)23-19-14(10)17-16-13(9)18-22(20)35(37)43-41-27(18)25(16)33-34-26(17)28(19)42-44-36(23)38(30)50-52(40)61(60(63)51(39)49)65-58(50)55(44)59-48(42)46(34)53-45(33)47(41)57(54(43)56)64(69)62(53)66(59)70(65,69)67(71)7-2-4-8(5-3-7)68(72)73/h2-5,9-67H,6H2,1H3,(H,72,73)/t9?,10?,11?,12?,13?,14?,15?,16?,17?,18?,19?,20?,21?,22?,23?,24?,25?,26?,27?,28?,29?,30?,31?,32?,33?,34?,35?,36?,37?,38?,39?,40?,41?,42?,43?,44?,45?,46?,47?,48?,49?,50?,51?,52?,53?,54?,55?,56?,57?,58?,59?,60?,61?,62?,63?,64?,65?,66?,67-,69-,70-/m1/s1. The minimum Gasteiger partial charge on any atom is -0.478 e. The van der Waals surface area contributed by atoms with E-state index in [9.17, 15) is 9.90 Å². The van der Waals surface area contributed by atoms with E-state index in [1.54, 1.807) is 5.56 Å². The first-order chi connectivity index (χ1) is 36.2. The smallest absolute Gasteiger partial charge is 0.335 e. The van der Waals surface area contributed by atoms with Gasteiger partial charge in [0.15, 0.2) is 0 Å². The molecule has 0 amide bonds. The van der Waals surface area contributed by atoms with Crippen LogP contribution in [0.15, 0.2) is 24.3 Å². The Bertz CT molecular complexity index is 3230. The van der Waals surface area contributed by atoms with Gasteiger partial charge in [-0.05, 0) is 373 Å². The van der Waals surface area contributed by atoms with Crippen molar-refractivity contribution in [2.75, 3.05) is 13.6 Å². The highest BCUT2D eigenvalue weighted by molar-refractivity contribution is 5.87. The van der Waals surface area contributed by atoms with Gasteiger partial charge >= 0.3 is 5.97 Å². The summed E-state index contributed by atoms with van der Waals surface area (Å²) in [5.41, 5.74) is 3.23. The molecule has 1 heterocycles. The molecular weight excluding hydrogens is 887 g/mol. The first-order valence-electron chi connectivity index (χ1n) is 34.2. The van der Waals surface area contributed by atoms with Gasteiger partial charge in [0.05, 0.1) is 5.56 Å². The van der Waals surface area contributed by atoms with Crippen LogP contribution in [0.1, 0.15) is 22.0 Å². The molecule has 58 unspecified atom stereocenters. The van der Waals surface area contributed by atoms with Gasteiger partial charge in [-0.3, -0.25) is 4.90 Å². The zero-order valence-corrected chi connectivity index (χ0v) is 41.9. The lowest BCUT2D eigenvalue weighted by molar-refractivity contribution is -0.256. The Morgan fingerprint density at radius 3 is 0.836 bits per heavy atom. The van der Waals surface area contributed by atoms with Crippen molar-refractivity contribution in [2.45, 2.75) is 6.04 Å². The van der Waals surface area contributed by atoms with Crippen LogP contribution in [0.3, 0.4) is 0 Å². The summed E-state index contributed by atoms with van der Waals surface area (Å²) in [6.07, 6.45) is 0. The average molecular weight is 956 g/mol. The van der Waals surface area contributed by atoms with Crippen molar-refractivity contribution < 1.29 is 9.90 Å². The number of carboxylic acids is 1. The van der Waals surface area contributed by atoms with E-state index in [0.717, 1.165) is 94.7 Å². The molecule has 1 saturated heterocycles. The summed E-state index contributed by atoms with van der Waals surface area (Å²) in [6.45, 7) is 1.50. The molecule has 73 heavy (non-hydrogen) atoms. The van der Waals surface area contributed by atoms with Crippen LogP contribution in [-0.2, 0) is 0 Å². The zero-order valence-electron chi connectivity index (χ0n) is 41.9. The molecule has 33 aliphatic rings. The van der Waals surface area contributed by atoms with Crippen LogP contribution in [0.5, 0.6) is 0 Å². The molecule has 1 aromatic carbocycles. The molecular formula is C70H69NO2. The second-order valence-corrected chi connectivity index (χ2v) is 38.5. The highest BCUT2D eigenvalue weighted by Crippen LogP contribution is 3.09. The monoisotopic (exact) mass is 956 g/mol. The van der Waals surface area contributed by atoms with Gasteiger partial charge in [0.2, 0.25) is 0 Å². The number of aromatic carboxylic acids is 1. The van der Waals surface area contributed by atoms with Gasteiger partial charge in [-0.2, -0.15) is 0 Å². The summed E-state index contributed by atoms with van der Waals surface area (Å²) in [7, 11) is 2.80. The fourth-order valence-corrected chi connectivity index (χ4v) is 49.8. The number of hydrogen-bond donors (Lipinski definition) is 1. The lowest BCUT2D eigenvalue weighted by Gasteiger charge is -2.72. The maximum Gasteiger partial charge on any atom is 0.335 e. The van der Waals surface area contributed by atoms with E-state index in [-0.39, 0.29) is 0 Å². The molecule has 2 spiro atoms. The average Bonchev–Trinajstić information content (AvgIpc) is 4.41. The van der Waals surface area contributed by atoms with Gasteiger partial charge in [0.1, 0.15) is 0 Å². The molecule has 33 fully saturated rings. The first kappa shape index (κ1) is 33.3. The number of rotatable bonds is 2. The summed E-state index contributed by atoms with van der Waals surface area (Å²) in [4.78, 5) is 16.1. The lowest BCUT2D eigenvalue weighted by Crippen LogP contribution is -2.70. The maximum absolute atomic E-state index is 12.9. The van der Waals surface area contributed by atoms with Gasteiger partial charge in [-0.15, -0.1) is 0 Å². The van der Waals surface area contributed by atoms with Crippen LogP contribution in [0.25, 0.3) is 0 Å². The third-order valence-corrected chi connectivity index (χ3v) is 43.5. The number of carbonyl (C=O) groups is 1. The van der Waals surface area contributed by atoms with E-state index in [2.05, 4.69) is 36.2 Å². The third kappa shape index (κ3) is 2.03. The lowest BCUT2D eigenvalue weighted by atomic mass is 9.31. The molecule has 32 aliphatic carbocycles. The Morgan fingerprint density at radius 1 is 0.329 bits per heavy atom. The van der Waals surface area contributed by atoms with Crippen LogP contribution in [-0.4, -0.2) is 29.6 Å². The van der Waals surface area contributed by atoms with E-state index < -0.39 is 5.97 Å². The van der Waals surface area contributed by atoms with Crippen molar-refractivity contribution in [3.05, 3.63) is 35.4 Å². The number of benzene rings is 1. The Kier molecular flexibility index (Phi) is 3.73. The summed E-state index contributed by atoms with van der Waals surface area (Å²) in [5.74, 6) is 68.5. The number of likely N-dealkylation sites (tertiary alicyclic amines) is 1. The topological polar surface area (TPSA) is 40.5 Å². The van der Waals surface area contributed by atoms with E-state index in [1.165, 1.54) is 255 Å². The number of hydrogen-bond acceptors (Lipinski definition) is 2. The second-order valence-electron chi connectivity index (χ2n) is 38.5. The van der Waals surface area contributed by atoms with Crippen LogP contribution in [0, 0.1) is 354 Å². The largest absolute Gasteiger partial charge is 0.478 e. The van der Waals surface area contributed by atoms with E-state index in [4.69, 9.17) is 0 Å². The highest BCUT2D eigenvalue weighted by Gasteiger charge is 3.06. The van der Waals surface area contributed by atoms with Gasteiger partial charge in [-0.25, -0.2) is 4.79 Å². The Balaban J connectivity index is 0.838. The first-order valence-corrected chi connectivity index (χ1v) is 34.2. The predicted molar refractivity (Wildman–Crippen MR) is 256 cm³/mol. The van der Waals surface area contributed by atoms with E-state index in [0.29, 0.717) is 22.4 Å². The summed E-state index contributed by atoms with van der Waals surface area (Å²) < 4.78 is 0. The van der Waals surface area contributed by atoms with Crippen LogP contribution < -0.4 is 0 Å². The Labute approximate surface area is 427 Å². The van der Waals surface area contributed by atoms with Crippen molar-refractivity contribution in [3.8, 4) is 0 Å². The van der Waals surface area contributed by atoms with Crippen molar-refractivity contribution in [1.82, 2.24) is 4.90 Å². The molecule has 3 heteroatoms. The van der Waals surface area contributed by atoms with Gasteiger partial charge < -0.3 is 5.11 Å². The number of nitrogens with zero attached hydrogens (tertiary/aromatic N) is 1. The van der Waals surface area contributed by atoms with Crippen molar-refractivity contribution in [3.63, 3.8) is 0 Å². The fraction of sp³-hybridized carbons (Fsp3) is 0.900. The SMILES string of the molecule is CN1C[C@@]23C4C5C6C7C8C9C%10C%11C%12C%13C%10C%10C8C8C%14C%10C%10C%13C%13C%15C%12C%12C%16C%11C%11C9C7C7C9C%11C%16C%11C%16C%12C%15C%12C%15C%13C%10C%10C%14C(C4C86)C4C%10C%15C6C%12C%16C8C%11C9C(C75)C2C8C6[C@@]43[C@H]1c1ccc(C(=O)O)cc1. The normalized spacial score (nSPS) is 94.9.